The molecule has 2 rings (SSSR count). The number of aromatic amines is 1. The van der Waals surface area contributed by atoms with E-state index in [9.17, 15) is 0 Å². The monoisotopic (exact) mass is 215 g/mol. The molecule has 3 heteroatoms. The molecule has 3 nitrogen and oxygen atoms in total. The van der Waals surface area contributed by atoms with E-state index >= 15 is 0 Å². The smallest absolute Gasteiger partial charge is 0.0682 e. The van der Waals surface area contributed by atoms with Crippen molar-refractivity contribution in [3.63, 3.8) is 0 Å². The average Bonchev–Trinajstić information content (AvgIpc) is 2.75. The zero-order valence-corrected chi connectivity index (χ0v) is 9.48. The van der Waals surface area contributed by atoms with E-state index in [-0.39, 0.29) is 6.04 Å². The van der Waals surface area contributed by atoms with Crippen molar-refractivity contribution in [2.24, 2.45) is 5.73 Å². The van der Waals surface area contributed by atoms with Crippen molar-refractivity contribution in [3.8, 4) is 11.3 Å². The number of nitrogens with zero attached hydrogens (tertiary/aromatic N) is 1. The molecular formula is C13H17N3. The maximum absolute atomic E-state index is 5.77. The minimum absolute atomic E-state index is 0.235. The summed E-state index contributed by atoms with van der Waals surface area (Å²) in [4.78, 5) is 0. The van der Waals surface area contributed by atoms with Crippen LogP contribution in [0.25, 0.3) is 11.3 Å². The molecule has 0 spiro atoms. The molecule has 0 saturated carbocycles. The predicted molar refractivity (Wildman–Crippen MR) is 66.0 cm³/mol. The van der Waals surface area contributed by atoms with Gasteiger partial charge < -0.3 is 5.73 Å². The van der Waals surface area contributed by atoms with Crippen molar-refractivity contribution in [2.45, 2.75) is 25.8 Å². The Morgan fingerprint density at radius 3 is 2.75 bits per heavy atom. The van der Waals surface area contributed by atoms with Gasteiger partial charge >= 0.3 is 0 Å². The highest BCUT2D eigenvalue weighted by Crippen LogP contribution is 2.21. The molecule has 0 radical (unpaired) electrons. The first-order valence-electron chi connectivity index (χ1n) is 5.60. The molecule has 0 aliphatic heterocycles. The van der Waals surface area contributed by atoms with Gasteiger partial charge in [-0.25, -0.2) is 0 Å². The number of rotatable bonds is 4. The summed E-state index contributed by atoms with van der Waals surface area (Å²) in [5.41, 5.74) is 9.30. The van der Waals surface area contributed by atoms with Crippen molar-refractivity contribution >= 4 is 0 Å². The van der Waals surface area contributed by atoms with Crippen LogP contribution in [0, 0.1) is 0 Å². The number of hydrogen-bond donors (Lipinski definition) is 2. The fraction of sp³-hybridized carbons (Fsp3) is 0.308. The molecule has 0 amide bonds. The summed E-state index contributed by atoms with van der Waals surface area (Å²) in [6.07, 6.45) is 3.85. The van der Waals surface area contributed by atoms with Crippen LogP contribution in [0.1, 0.15) is 18.9 Å². The van der Waals surface area contributed by atoms with Crippen LogP contribution in [0.4, 0.5) is 0 Å². The third-order valence-electron chi connectivity index (χ3n) is 2.65. The Kier molecular flexibility index (Phi) is 3.37. The second kappa shape index (κ2) is 4.94. The SMILES string of the molecule is CC(N)CCc1cn[nH]c1-c1ccccc1. The third-order valence-corrected chi connectivity index (χ3v) is 2.65. The average molecular weight is 215 g/mol. The number of hydrogen-bond acceptors (Lipinski definition) is 2. The molecule has 1 unspecified atom stereocenters. The van der Waals surface area contributed by atoms with Crippen LogP contribution in [0.15, 0.2) is 36.5 Å². The minimum atomic E-state index is 0.235. The van der Waals surface area contributed by atoms with Gasteiger partial charge in [0.05, 0.1) is 11.9 Å². The number of aromatic nitrogens is 2. The summed E-state index contributed by atoms with van der Waals surface area (Å²) < 4.78 is 0. The van der Waals surface area contributed by atoms with E-state index in [1.54, 1.807) is 0 Å². The molecule has 3 N–H and O–H groups in total. The molecular weight excluding hydrogens is 198 g/mol. The van der Waals surface area contributed by atoms with E-state index < -0.39 is 0 Å². The molecule has 84 valence electrons. The lowest BCUT2D eigenvalue weighted by atomic mass is 10.0. The lowest BCUT2D eigenvalue weighted by Gasteiger charge is -2.05. The summed E-state index contributed by atoms with van der Waals surface area (Å²) in [5, 5.41) is 7.17. The van der Waals surface area contributed by atoms with Gasteiger partial charge in [0.15, 0.2) is 0 Å². The molecule has 16 heavy (non-hydrogen) atoms. The van der Waals surface area contributed by atoms with E-state index in [1.807, 2.05) is 31.3 Å². The quantitative estimate of drug-likeness (QED) is 0.822. The van der Waals surface area contributed by atoms with Crippen molar-refractivity contribution in [3.05, 3.63) is 42.1 Å². The topological polar surface area (TPSA) is 54.7 Å². The van der Waals surface area contributed by atoms with Crippen LogP contribution < -0.4 is 5.73 Å². The number of aryl methyl sites for hydroxylation is 1. The first kappa shape index (κ1) is 10.9. The maximum Gasteiger partial charge on any atom is 0.0682 e. The normalized spacial score (nSPS) is 12.6. The van der Waals surface area contributed by atoms with Crippen molar-refractivity contribution in [2.75, 3.05) is 0 Å². The maximum atomic E-state index is 5.77. The fourth-order valence-electron chi connectivity index (χ4n) is 1.74. The second-order valence-electron chi connectivity index (χ2n) is 4.15. The van der Waals surface area contributed by atoms with Gasteiger partial charge in [-0.05, 0) is 30.9 Å². The fourth-order valence-corrected chi connectivity index (χ4v) is 1.74. The Morgan fingerprint density at radius 1 is 1.31 bits per heavy atom. The first-order chi connectivity index (χ1) is 7.77. The summed E-state index contributed by atoms with van der Waals surface area (Å²) >= 11 is 0. The standard InChI is InChI=1S/C13H17N3/c1-10(14)7-8-12-9-15-16-13(12)11-5-3-2-4-6-11/h2-6,9-10H,7-8,14H2,1H3,(H,15,16). The van der Waals surface area contributed by atoms with Crippen molar-refractivity contribution < 1.29 is 0 Å². The zero-order chi connectivity index (χ0) is 11.4. The number of nitrogens with one attached hydrogen (secondary N) is 1. The van der Waals surface area contributed by atoms with Crippen LogP contribution >= 0.6 is 0 Å². The number of H-pyrrole nitrogens is 1. The van der Waals surface area contributed by atoms with Gasteiger partial charge in [-0.2, -0.15) is 5.10 Å². The zero-order valence-electron chi connectivity index (χ0n) is 9.48. The van der Waals surface area contributed by atoms with Crippen molar-refractivity contribution in [1.29, 1.82) is 0 Å². The summed E-state index contributed by atoms with van der Waals surface area (Å²) in [6, 6.07) is 10.5. The molecule has 0 fully saturated rings. The largest absolute Gasteiger partial charge is 0.328 e. The summed E-state index contributed by atoms with van der Waals surface area (Å²) in [5.74, 6) is 0. The molecule has 0 bridgehead atoms. The van der Waals surface area contributed by atoms with E-state index in [0.717, 1.165) is 18.5 Å². The van der Waals surface area contributed by atoms with Gasteiger partial charge in [-0.1, -0.05) is 30.3 Å². The van der Waals surface area contributed by atoms with Gasteiger partial charge in [-0.15, -0.1) is 0 Å². The first-order valence-corrected chi connectivity index (χ1v) is 5.60. The Hall–Kier alpha value is -1.61. The van der Waals surface area contributed by atoms with Crippen LogP contribution in [0.5, 0.6) is 0 Å². The van der Waals surface area contributed by atoms with Gasteiger partial charge in [0, 0.05) is 6.04 Å². The summed E-state index contributed by atoms with van der Waals surface area (Å²) in [7, 11) is 0. The second-order valence-corrected chi connectivity index (χ2v) is 4.15. The van der Waals surface area contributed by atoms with Crippen LogP contribution in [-0.2, 0) is 6.42 Å². The molecule has 0 aliphatic rings. The molecule has 1 heterocycles. The lowest BCUT2D eigenvalue weighted by Crippen LogP contribution is -2.15. The molecule has 0 saturated heterocycles. The highest BCUT2D eigenvalue weighted by atomic mass is 15.1. The van der Waals surface area contributed by atoms with E-state index in [2.05, 4.69) is 22.3 Å². The van der Waals surface area contributed by atoms with Crippen LogP contribution in [0.2, 0.25) is 0 Å². The van der Waals surface area contributed by atoms with Crippen LogP contribution in [-0.4, -0.2) is 16.2 Å². The van der Waals surface area contributed by atoms with Crippen molar-refractivity contribution in [1.82, 2.24) is 10.2 Å². The lowest BCUT2D eigenvalue weighted by molar-refractivity contribution is 0.667. The van der Waals surface area contributed by atoms with E-state index in [4.69, 9.17) is 5.73 Å². The van der Waals surface area contributed by atoms with Gasteiger partial charge in [0.25, 0.3) is 0 Å². The van der Waals surface area contributed by atoms with Crippen LogP contribution in [0.3, 0.4) is 0 Å². The van der Waals surface area contributed by atoms with E-state index in [1.165, 1.54) is 11.1 Å². The van der Waals surface area contributed by atoms with Gasteiger partial charge in [0.2, 0.25) is 0 Å². The minimum Gasteiger partial charge on any atom is -0.328 e. The number of benzene rings is 1. The Balaban J connectivity index is 2.19. The summed E-state index contributed by atoms with van der Waals surface area (Å²) in [6.45, 7) is 2.03. The van der Waals surface area contributed by atoms with Gasteiger partial charge in [0.1, 0.15) is 0 Å². The number of nitrogens with two attached hydrogens (primary N) is 1. The molecule has 1 aromatic heterocycles. The van der Waals surface area contributed by atoms with Gasteiger partial charge in [-0.3, -0.25) is 5.10 Å². The molecule has 0 aliphatic carbocycles. The Labute approximate surface area is 95.7 Å². The Bertz CT molecular complexity index is 431. The molecule has 1 aromatic carbocycles. The van der Waals surface area contributed by atoms with E-state index in [0.29, 0.717) is 0 Å². The Morgan fingerprint density at radius 2 is 2.06 bits per heavy atom. The molecule has 2 aromatic rings. The predicted octanol–water partition coefficient (Wildman–Crippen LogP) is 2.36. The highest BCUT2D eigenvalue weighted by Gasteiger charge is 2.07. The molecule has 1 atom stereocenters. The third kappa shape index (κ3) is 2.49. The highest BCUT2D eigenvalue weighted by molar-refractivity contribution is 5.62.